The number of aliphatic imine (C=N–C) groups is 1. The molecule has 0 radical (unpaired) electrons. The number of rotatable bonds is 5. The Kier molecular flexibility index (Phi) is 6.24. The molecule has 1 fully saturated rings. The molecule has 1 heterocycles. The molecule has 2 aromatic rings. The zero-order chi connectivity index (χ0) is 19.2. The molecule has 3 rings (SSSR count). The van der Waals surface area contributed by atoms with E-state index in [1.807, 2.05) is 31.2 Å². The lowest BCUT2D eigenvalue weighted by atomic mass is 10.2. The summed E-state index contributed by atoms with van der Waals surface area (Å²) in [6.45, 7) is -0.406. The van der Waals surface area contributed by atoms with Crippen LogP contribution >= 0.6 is 11.8 Å². The maximum absolute atomic E-state index is 12.6. The molecule has 0 unspecified atom stereocenters. The Morgan fingerprint density at radius 2 is 1.96 bits per heavy atom. The normalized spacial score (nSPS) is 15.9. The van der Waals surface area contributed by atoms with Gasteiger partial charge in [-0.1, -0.05) is 48.2 Å². The van der Waals surface area contributed by atoms with E-state index < -0.39 is 6.61 Å². The summed E-state index contributed by atoms with van der Waals surface area (Å²) in [6.07, 6.45) is 2.83. The van der Waals surface area contributed by atoms with E-state index in [-0.39, 0.29) is 11.7 Å². The molecule has 1 saturated heterocycles. The predicted molar refractivity (Wildman–Crippen MR) is 105 cm³/mol. The van der Waals surface area contributed by atoms with Crippen molar-refractivity contribution in [1.29, 1.82) is 0 Å². The molecule has 27 heavy (non-hydrogen) atoms. The van der Waals surface area contributed by atoms with E-state index in [4.69, 9.17) is 0 Å². The number of para-hydroxylation sites is 2. The third kappa shape index (κ3) is 4.95. The van der Waals surface area contributed by atoms with Crippen LogP contribution in [0.3, 0.4) is 0 Å². The van der Waals surface area contributed by atoms with Gasteiger partial charge in [0.15, 0.2) is 5.17 Å². The van der Waals surface area contributed by atoms with Gasteiger partial charge >= 0.3 is 6.61 Å². The number of alkyl halides is 2. The van der Waals surface area contributed by atoms with Crippen molar-refractivity contribution in [1.82, 2.24) is 4.90 Å². The molecule has 0 atom stereocenters. The second kappa shape index (κ2) is 8.81. The zero-order valence-electron chi connectivity index (χ0n) is 14.6. The summed E-state index contributed by atoms with van der Waals surface area (Å²) in [7, 11) is 0. The van der Waals surface area contributed by atoms with Crippen LogP contribution in [0.5, 0.6) is 5.75 Å². The number of hydrogen-bond donors (Lipinski definition) is 0. The number of carbonyl (C=O) groups is 1. The number of aryl methyl sites for hydroxylation is 1. The van der Waals surface area contributed by atoms with Gasteiger partial charge < -0.3 is 4.74 Å². The van der Waals surface area contributed by atoms with Crippen molar-refractivity contribution in [3.63, 3.8) is 0 Å². The molecule has 0 aliphatic carbocycles. The monoisotopic (exact) mass is 388 g/mol. The average molecular weight is 388 g/mol. The molecule has 0 N–H and O–H groups in total. The number of amidine groups is 1. The molecule has 7 heteroatoms. The Balaban J connectivity index is 1.78. The van der Waals surface area contributed by atoms with Gasteiger partial charge in [-0.05, 0) is 30.7 Å². The number of ether oxygens (including phenoxy) is 1. The SMILES string of the molecule is Cc1ccccc1N=C1SCCN1C(=O)/C=C/c1ccccc1OC(F)F. The van der Waals surface area contributed by atoms with Crippen LogP contribution in [0.25, 0.3) is 6.08 Å². The van der Waals surface area contributed by atoms with Crippen LogP contribution < -0.4 is 4.74 Å². The van der Waals surface area contributed by atoms with E-state index in [1.54, 1.807) is 23.1 Å². The molecule has 1 aliphatic rings. The van der Waals surface area contributed by atoms with Gasteiger partial charge in [0.25, 0.3) is 5.91 Å². The van der Waals surface area contributed by atoms with Gasteiger partial charge in [-0.15, -0.1) is 0 Å². The summed E-state index contributed by atoms with van der Waals surface area (Å²) in [5, 5.41) is 0.635. The lowest BCUT2D eigenvalue weighted by molar-refractivity contribution is -0.121. The minimum Gasteiger partial charge on any atom is -0.434 e. The van der Waals surface area contributed by atoms with E-state index in [0.717, 1.165) is 17.0 Å². The summed E-state index contributed by atoms with van der Waals surface area (Å²) in [4.78, 5) is 18.8. The molecule has 0 aromatic heterocycles. The second-order valence-electron chi connectivity index (χ2n) is 5.77. The van der Waals surface area contributed by atoms with Crippen molar-refractivity contribution in [2.24, 2.45) is 4.99 Å². The smallest absolute Gasteiger partial charge is 0.387 e. The van der Waals surface area contributed by atoms with Crippen molar-refractivity contribution in [2.75, 3.05) is 12.3 Å². The Morgan fingerprint density at radius 1 is 1.22 bits per heavy atom. The fraction of sp³-hybridized carbons (Fsp3) is 0.200. The highest BCUT2D eigenvalue weighted by Gasteiger charge is 2.24. The summed E-state index contributed by atoms with van der Waals surface area (Å²) in [5.74, 6) is 0.537. The highest BCUT2D eigenvalue weighted by atomic mass is 32.2. The van der Waals surface area contributed by atoms with Gasteiger partial charge in [0.2, 0.25) is 0 Å². The van der Waals surface area contributed by atoms with Gasteiger partial charge in [0.1, 0.15) is 5.75 Å². The van der Waals surface area contributed by atoms with E-state index in [9.17, 15) is 13.6 Å². The van der Waals surface area contributed by atoms with Gasteiger partial charge in [0, 0.05) is 23.9 Å². The van der Waals surface area contributed by atoms with Crippen LogP contribution in [0.2, 0.25) is 0 Å². The highest BCUT2D eigenvalue weighted by Crippen LogP contribution is 2.26. The van der Waals surface area contributed by atoms with Crippen LogP contribution in [0.1, 0.15) is 11.1 Å². The highest BCUT2D eigenvalue weighted by molar-refractivity contribution is 8.14. The van der Waals surface area contributed by atoms with Gasteiger partial charge in [-0.3, -0.25) is 9.69 Å². The van der Waals surface area contributed by atoms with Gasteiger partial charge in [0.05, 0.1) is 5.69 Å². The molecular weight excluding hydrogens is 370 g/mol. The molecule has 0 saturated carbocycles. The second-order valence-corrected chi connectivity index (χ2v) is 6.83. The van der Waals surface area contributed by atoms with Crippen LogP contribution in [-0.2, 0) is 4.79 Å². The van der Waals surface area contributed by atoms with E-state index >= 15 is 0 Å². The quantitative estimate of drug-likeness (QED) is 0.686. The lowest BCUT2D eigenvalue weighted by Crippen LogP contribution is -2.30. The average Bonchev–Trinajstić information content (AvgIpc) is 3.10. The first kappa shape index (κ1) is 19.1. The molecule has 1 aliphatic heterocycles. The van der Waals surface area contributed by atoms with Crippen LogP contribution in [0, 0.1) is 6.92 Å². The summed E-state index contributed by atoms with van der Waals surface area (Å²) < 4.78 is 29.5. The fourth-order valence-electron chi connectivity index (χ4n) is 2.56. The Hall–Kier alpha value is -2.67. The van der Waals surface area contributed by atoms with Crippen molar-refractivity contribution in [3.8, 4) is 5.75 Å². The summed E-state index contributed by atoms with van der Waals surface area (Å²) in [6, 6.07) is 14.0. The third-order valence-electron chi connectivity index (χ3n) is 3.92. The topological polar surface area (TPSA) is 41.9 Å². The molecule has 2 aromatic carbocycles. The lowest BCUT2D eigenvalue weighted by Gasteiger charge is -2.14. The van der Waals surface area contributed by atoms with E-state index in [1.165, 1.54) is 30.0 Å². The minimum absolute atomic E-state index is 0.0288. The van der Waals surface area contributed by atoms with E-state index in [0.29, 0.717) is 17.3 Å². The van der Waals surface area contributed by atoms with Gasteiger partial charge in [-0.25, -0.2) is 4.99 Å². The molecular formula is C20H18F2N2O2S. The van der Waals surface area contributed by atoms with Crippen LogP contribution in [0.15, 0.2) is 59.6 Å². The largest absolute Gasteiger partial charge is 0.434 e. The van der Waals surface area contributed by atoms with Crippen molar-refractivity contribution < 1.29 is 18.3 Å². The zero-order valence-corrected chi connectivity index (χ0v) is 15.5. The number of thioether (sulfide) groups is 1. The van der Waals surface area contributed by atoms with Gasteiger partial charge in [-0.2, -0.15) is 8.78 Å². The maximum atomic E-state index is 12.6. The predicted octanol–water partition coefficient (Wildman–Crippen LogP) is 4.87. The number of benzene rings is 2. The first-order valence-corrected chi connectivity index (χ1v) is 9.33. The standard InChI is InChI=1S/C20H18F2N2O2S/c1-14-6-2-4-8-16(14)23-20-24(12-13-27-20)18(25)11-10-15-7-3-5-9-17(15)26-19(21)22/h2-11,19H,12-13H2,1H3/b11-10+,23-20?. The van der Waals surface area contributed by atoms with Crippen LogP contribution in [-0.4, -0.2) is 34.9 Å². The number of amides is 1. The molecule has 0 bridgehead atoms. The summed E-state index contributed by atoms with van der Waals surface area (Å²) in [5.41, 5.74) is 2.26. The van der Waals surface area contributed by atoms with E-state index in [2.05, 4.69) is 9.73 Å². The number of nitrogens with zero attached hydrogens (tertiary/aromatic N) is 2. The third-order valence-corrected chi connectivity index (χ3v) is 4.87. The van der Waals surface area contributed by atoms with Crippen molar-refractivity contribution in [2.45, 2.75) is 13.5 Å². The molecule has 140 valence electrons. The Bertz CT molecular complexity index is 884. The Morgan fingerprint density at radius 3 is 2.74 bits per heavy atom. The summed E-state index contributed by atoms with van der Waals surface area (Å²) >= 11 is 1.51. The molecule has 4 nitrogen and oxygen atoms in total. The van der Waals surface area contributed by atoms with Crippen molar-refractivity contribution >= 4 is 34.6 Å². The minimum atomic E-state index is -2.92. The van der Waals surface area contributed by atoms with Crippen LogP contribution in [0.4, 0.5) is 14.5 Å². The number of halogens is 2. The fourth-order valence-corrected chi connectivity index (χ4v) is 3.52. The first-order chi connectivity index (χ1) is 13.0. The molecule has 1 amide bonds. The Labute approximate surface area is 160 Å². The number of carbonyl (C=O) groups excluding carboxylic acids is 1. The number of hydrogen-bond acceptors (Lipinski definition) is 4. The maximum Gasteiger partial charge on any atom is 0.387 e. The van der Waals surface area contributed by atoms with Crippen molar-refractivity contribution in [3.05, 3.63) is 65.7 Å². The molecule has 0 spiro atoms. The first-order valence-electron chi connectivity index (χ1n) is 8.35.